The predicted molar refractivity (Wildman–Crippen MR) is 54.9 cm³/mol. The lowest BCUT2D eigenvalue weighted by Crippen LogP contribution is -1.99. The summed E-state index contributed by atoms with van der Waals surface area (Å²) in [7, 11) is 0. The second-order valence-electron chi connectivity index (χ2n) is 3.44. The van der Waals surface area contributed by atoms with Gasteiger partial charge in [0.15, 0.2) is 0 Å². The molecule has 1 aromatic heterocycles. The van der Waals surface area contributed by atoms with Gasteiger partial charge >= 0.3 is 0 Å². The molecule has 0 aliphatic heterocycles. The van der Waals surface area contributed by atoms with Crippen molar-refractivity contribution in [1.82, 2.24) is 4.98 Å². The molecule has 2 heteroatoms. The lowest BCUT2D eigenvalue weighted by molar-refractivity contribution is 0.676. The maximum Gasteiger partial charge on any atom is 0.0181 e. The highest BCUT2D eigenvalue weighted by Crippen LogP contribution is 2.21. The van der Waals surface area contributed by atoms with Gasteiger partial charge in [0.25, 0.3) is 0 Å². The maximum atomic E-state index is 3.50. The summed E-state index contributed by atoms with van der Waals surface area (Å²) in [5, 5.41) is 1.06. The summed E-state index contributed by atoms with van der Waals surface area (Å²) in [6, 6.07) is 2.34. The molecule has 0 radical (unpaired) electrons. The number of aromatic nitrogens is 1. The standard InChI is InChI=1S/C10H14BrN/c11-6-5-9-7-8-3-1-2-4-10(8)12-9/h7,12H,1-6H2. The molecule has 1 aliphatic carbocycles. The zero-order chi connectivity index (χ0) is 8.39. The van der Waals surface area contributed by atoms with Gasteiger partial charge in [-0.15, -0.1) is 0 Å². The number of fused-ring (bicyclic) bond motifs is 1. The van der Waals surface area contributed by atoms with Gasteiger partial charge in [0.2, 0.25) is 0 Å². The Morgan fingerprint density at radius 2 is 2.17 bits per heavy atom. The number of aryl methyl sites for hydroxylation is 3. The first-order valence-corrected chi connectivity index (χ1v) is 5.78. The van der Waals surface area contributed by atoms with Crippen LogP contribution in [0.2, 0.25) is 0 Å². The zero-order valence-corrected chi connectivity index (χ0v) is 8.78. The van der Waals surface area contributed by atoms with Crippen LogP contribution in [0.25, 0.3) is 0 Å². The van der Waals surface area contributed by atoms with Crippen molar-refractivity contribution in [2.75, 3.05) is 5.33 Å². The SMILES string of the molecule is BrCCc1cc2c([nH]1)CCCC2. The fraction of sp³-hybridized carbons (Fsp3) is 0.600. The molecule has 0 aromatic carbocycles. The Balaban J connectivity index is 2.20. The third-order valence-corrected chi connectivity index (χ3v) is 2.93. The molecule has 12 heavy (non-hydrogen) atoms. The van der Waals surface area contributed by atoms with Crippen molar-refractivity contribution in [2.45, 2.75) is 32.1 Å². The van der Waals surface area contributed by atoms with Crippen molar-refractivity contribution in [2.24, 2.45) is 0 Å². The highest BCUT2D eigenvalue weighted by Gasteiger charge is 2.11. The van der Waals surface area contributed by atoms with Crippen molar-refractivity contribution in [3.05, 3.63) is 23.0 Å². The van der Waals surface area contributed by atoms with Gasteiger partial charge in [-0.3, -0.25) is 0 Å². The molecule has 1 N–H and O–H groups in total. The number of aromatic amines is 1. The van der Waals surface area contributed by atoms with E-state index in [2.05, 4.69) is 27.0 Å². The number of hydrogen-bond donors (Lipinski definition) is 1. The summed E-state index contributed by atoms with van der Waals surface area (Å²) in [5.41, 5.74) is 4.47. The lowest BCUT2D eigenvalue weighted by atomic mass is 9.98. The molecule has 0 unspecified atom stereocenters. The number of alkyl halides is 1. The van der Waals surface area contributed by atoms with E-state index in [4.69, 9.17) is 0 Å². The summed E-state index contributed by atoms with van der Waals surface area (Å²) >= 11 is 3.46. The van der Waals surface area contributed by atoms with Crippen molar-refractivity contribution >= 4 is 15.9 Å². The third-order valence-electron chi connectivity index (χ3n) is 2.53. The van der Waals surface area contributed by atoms with Crippen LogP contribution in [0.5, 0.6) is 0 Å². The average molecular weight is 228 g/mol. The van der Waals surface area contributed by atoms with Crippen LogP contribution in [0.1, 0.15) is 29.8 Å². The van der Waals surface area contributed by atoms with E-state index >= 15 is 0 Å². The zero-order valence-electron chi connectivity index (χ0n) is 7.20. The average Bonchev–Trinajstić information content (AvgIpc) is 2.47. The highest BCUT2D eigenvalue weighted by molar-refractivity contribution is 9.09. The van der Waals surface area contributed by atoms with Crippen LogP contribution in [0.15, 0.2) is 6.07 Å². The Morgan fingerprint density at radius 3 is 2.92 bits per heavy atom. The van der Waals surface area contributed by atoms with Crippen molar-refractivity contribution in [3.8, 4) is 0 Å². The quantitative estimate of drug-likeness (QED) is 0.749. The van der Waals surface area contributed by atoms with E-state index in [1.165, 1.54) is 37.1 Å². The molecule has 1 heterocycles. The molecular weight excluding hydrogens is 214 g/mol. The van der Waals surface area contributed by atoms with Crippen LogP contribution >= 0.6 is 15.9 Å². The summed E-state index contributed by atoms with van der Waals surface area (Å²) in [4.78, 5) is 3.50. The van der Waals surface area contributed by atoms with Gasteiger partial charge in [0.1, 0.15) is 0 Å². The molecule has 1 aromatic rings. The van der Waals surface area contributed by atoms with Crippen molar-refractivity contribution < 1.29 is 0 Å². The first kappa shape index (κ1) is 8.36. The Hall–Kier alpha value is -0.240. The van der Waals surface area contributed by atoms with Gasteiger partial charge in [0.05, 0.1) is 0 Å². The van der Waals surface area contributed by atoms with Crippen LogP contribution in [0, 0.1) is 0 Å². The van der Waals surface area contributed by atoms with E-state index in [1.54, 1.807) is 5.56 Å². The lowest BCUT2D eigenvalue weighted by Gasteiger charge is -2.09. The van der Waals surface area contributed by atoms with Gasteiger partial charge < -0.3 is 4.98 Å². The van der Waals surface area contributed by atoms with E-state index in [0.29, 0.717) is 0 Å². The predicted octanol–water partition coefficient (Wildman–Crippen LogP) is 2.83. The second kappa shape index (κ2) is 3.65. The Labute approximate surface area is 81.7 Å². The first-order valence-electron chi connectivity index (χ1n) is 4.66. The molecule has 1 nitrogen and oxygen atoms in total. The summed E-state index contributed by atoms with van der Waals surface area (Å²) in [5.74, 6) is 0. The topological polar surface area (TPSA) is 15.8 Å². The fourth-order valence-corrected chi connectivity index (χ4v) is 2.33. The molecule has 2 rings (SSSR count). The normalized spacial score (nSPS) is 16.1. The van der Waals surface area contributed by atoms with E-state index in [-0.39, 0.29) is 0 Å². The molecule has 0 atom stereocenters. The highest BCUT2D eigenvalue weighted by atomic mass is 79.9. The fourth-order valence-electron chi connectivity index (χ4n) is 1.91. The van der Waals surface area contributed by atoms with Crippen LogP contribution in [-0.2, 0) is 19.3 Å². The number of nitrogens with one attached hydrogen (secondary N) is 1. The maximum absolute atomic E-state index is 3.50. The van der Waals surface area contributed by atoms with Crippen LogP contribution in [0.3, 0.4) is 0 Å². The largest absolute Gasteiger partial charge is 0.362 e. The molecule has 66 valence electrons. The Kier molecular flexibility index (Phi) is 2.54. The first-order chi connectivity index (χ1) is 5.90. The third kappa shape index (κ3) is 1.58. The van der Waals surface area contributed by atoms with Crippen LogP contribution < -0.4 is 0 Å². The van der Waals surface area contributed by atoms with Crippen LogP contribution in [-0.4, -0.2) is 10.3 Å². The van der Waals surface area contributed by atoms with Gasteiger partial charge in [-0.05, 0) is 43.7 Å². The van der Waals surface area contributed by atoms with Gasteiger partial charge in [-0.2, -0.15) is 0 Å². The summed E-state index contributed by atoms with van der Waals surface area (Å²) < 4.78 is 0. The molecule has 0 bridgehead atoms. The molecule has 0 saturated carbocycles. The number of hydrogen-bond acceptors (Lipinski definition) is 0. The minimum Gasteiger partial charge on any atom is -0.362 e. The number of H-pyrrole nitrogens is 1. The molecule has 0 spiro atoms. The summed E-state index contributed by atoms with van der Waals surface area (Å²) in [6.07, 6.45) is 6.42. The number of rotatable bonds is 2. The van der Waals surface area contributed by atoms with E-state index in [1.807, 2.05) is 0 Å². The minimum absolute atomic E-state index is 1.06. The molecule has 0 amide bonds. The van der Waals surface area contributed by atoms with Gasteiger partial charge in [-0.25, -0.2) is 0 Å². The van der Waals surface area contributed by atoms with E-state index < -0.39 is 0 Å². The van der Waals surface area contributed by atoms with Crippen LogP contribution in [0.4, 0.5) is 0 Å². The second-order valence-corrected chi connectivity index (χ2v) is 4.24. The molecule has 0 fully saturated rings. The minimum atomic E-state index is 1.06. The van der Waals surface area contributed by atoms with E-state index in [9.17, 15) is 0 Å². The van der Waals surface area contributed by atoms with Gasteiger partial charge in [-0.1, -0.05) is 15.9 Å². The van der Waals surface area contributed by atoms with Crippen molar-refractivity contribution in [3.63, 3.8) is 0 Å². The Morgan fingerprint density at radius 1 is 1.33 bits per heavy atom. The van der Waals surface area contributed by atoms with Gasteiger partial charge in [0, 0.05) is 16.7 Å². The Bertz CT molecular complexity index is 241. The summed E-state index contributed by atoms with van der Waals surface area (Å²) in [6.45, 7) is 0. The van der Waals surface area contributed by atoms with Crippen molar-refractivity contribution in [1.29, 1.82) is 0 Å². The monoisotopic (exact) mass is 227 g/mol. The molecule has 0 saturated heterocycles. The van der Waals surface area contributed by atoms with E-state index in [0.717, 1.165) is 11.8 Å². The number of halogens is 1. The molecule has 1 aliphatic rings. The smallest absolute Gasteiger partial charge is 0.0181 e. The molecular formula is C10H14BrN.